The molecule has 0 bridgehead atoms. The summed E-state index contributed by atoms with van der Waals surface area (Å²) < 4.78 is 0. The maximum absolute atomic E-state index is 4.72. The fraction of sp³-hybridized carbons (Fsp3) is 0.250. The number of nitrogens with one attached hydrogen (secondary N) is 1. The van der Waals surface area contributed by atoms with Gasteiger partial charge in [-0.1, -0.05) is 61.5 Å². The van der Waals surface area contributed by atoms with Gasteiger partial charge in [0, 0.05) is 17.8 Å². The van der Waals surface area contributed by atoms with Crippen LogP contribution in [0.4, 0.5) is 5.82 Å². The minimum Gasteiger partial charge on any atom is -0.369 e. The lowest BCUT2D eigenvalue weighted by Gasteiger charge is -2.09. The monoisotopic (exact) mass is 387 g/mol. The first kappa shape index (κ1) is 18.6. The molecule has 0 aliphatic rings. The molecule has 0 radical (unpaired) electrons. The van der Waals surface area contributed by atoms with Crippen molar-refractivity contribution in [1.82, 2.24) is 9.97 Å². The summed E-state index contributed by atoms with van der Waals surface area (Å²) in [7, 11) is 0. The molecule has 0 spiro atoms. The lowest BCUT2D eigenvalue weighted by Crippen LogP contribution is -2.07. The molecule has 0 saturated carbocycles. The molecule has 2 aromatic heterocycles. The maximum Gasteiger partial charge on any atom is 0.138 e. The Morgan fingerprint density at radius 3 is 2.57 bits per heavy atom. The SMILES string of the molecule is CCc1nc(NCCCc2cccc(-c3ccccc3)c2)c2cc(C)sc2n1. The van der Waals surface area contributed by atoms with Crippen molar-refractivity contribution >= 4 is 27.4 Å². The van der Waals surface area contributed by atoms with E-state index in [0.29, 0.717) is 0 Å². The summed E-state index contributed by atoms with van der Waals surface area (Å²) in [6.45, 7) is 5.13. The Bertz CT molecular complexity index is 1070. The van der Waals surface area contributed by atoms with Crippen LogP contribution in [0.25, 0.3) is 21.3 Å². The Morgan fingerprint density at radius 1 is 0.929 bits per heavy atom. The number of benzene rings is 2. The van der Waals surface area contributed by atoms with Crippen molar-refractivity contribution in [2.45, 2.75) is 33.1 Å². The number of thiophene rings is 1. The van der Waals surface area contributed by atoms with Gasteiger partial charge in [0.05, 0.1) is 5.39 Å². The van der Waals surface area contributed by atoms with E-state index in [2.05, 4.69) is 84.8 Å². The zero-order chi connectivity index (χ0) is 19.3. The molecule has 2 heterocycles. The number of aryl methyl sites for hydroxylation is 3. The average Bonchev–Trinajstić information content (AvgIpc) is 3.12. The number of fused-ring (bicyclic) bond motifs is 1. The Morgan fingerprint density at radius 2 is 1.75 bits per heavy atom. The minimum atomic E-state index is 0.855. The molecule has 4 rings (SSSR count). The van der Waals surface area contributed by atoms with E-state index in [9.17, 15) is 0 Å². The van der Waals surface area contributed by atoms with Gasteiger partial charge in [0.2, 0.25) is 0 Å². The van der Waals surface area contributed by atoms with Crippen LogP contribution in [0.5, 0.6) is 0 Å². The van der Waals surface area contributed by atoms with Crippen LogP contribution in [0.1, 0.15) is 29.6 Å². The van der Waals surface area contributed by atoms with Gasteiger partial charge in [-0.15, -0.1) is 11.3 Å². The zero-order valence-electron chi connectivity index (χ0n) is 16.4. The largest absolute Gasteiger partial charge is 0.369 e. The molecule has 3 nitrogen and oxygen atoms in total. The van der Waals surface area contributed by atoms with Gasteiger partial charge in [0.25, 0.3) is 0 Å². The molecular formula is C24H25N3S. The average molecular weight is 388 g/mol. The standard InChI is InChI=1S/C24H25N3S/c1-3-22-26-23(21-15-17(2)28-24(21)27-22)25-14-8-10-18-9-7-13-20(16-18)19-11-5-4-6-12-19/h4-7,9,11-13,15-16H,3,8,10,14H2,1-2H3,(H,25,26,27). The van der Waals surface area contributed by atoms with E-state index in [0.717, 1.165) is 47.7 Å². The van der Waals surface area contributed by atoms with E-state index >= 15 is 0 Å². The van der Waals surface area contributed by atoms with Crippen LogP contribution in [0, 0.1) is 6.92 Å². The topological polar surface area (TPSA) is 37.8 Å². The molecule has 0 atom stereocenters. The van der Waals surface area contributed by atoms with Crippen molar-refractivity contribution < 1.29 is 0 Å². The molecule has 0 saturated heterocycles. The number of rotatable bonds is 7. The predicted molar refractivity (Wildman–Crippen MR) is 120 cm³/mol. The normalized spacial score (nSPS) is 11.1. The summed E-state index contributed by atoms with van der Waals surface area (Å²) in [4.78, 5) is 11.7. The zero-order valence-corrected chi connectivity index (χ0v) is 17.2. The highest BCUT2D eigenvalue weighted by atomic mass is 32.1. The van der Waals surface area contributed by atoms with Crippen molar-refractivity contribution in [3.63, 3.8) is 0 Å². The van der Waals surface area contributed by atoms with Crippen LogP contribution in [0.15, 0.2) is 60.7 Å². The quantitative estimate of drug-likeness (QED) is 0.380. The van der Waals surface area contributed by atoms with Gasteiger partial charge >= 0.3 is 0 Å². The van der Waals surface area contributed by atoms with Crippen molar-refractivity contribution in [3.05, 3.63) is 76.9 Å². The van der Waals surface area contributed by atoms with E-state index in [1.807, 2.05) is 0 Å². The van der Waals surface area contributed by atoms with E-state index in [-0.39, 0.29) is 0 Å². The van der Waals surface area contributed by atoms with Crippen molar-refractivity contribution in [2.24, 2.45) is 0 Å². The highest BCUT2D eigenvalue weighted by Gasteiger charge is 2.09. The molecule has 0 aliphatic heterocycles. The van der Waals surface area contributed by atoms with Gasteiger partial charge in [-0.25, -0.2) is 9.97 Å². The van der Waals surface area contributed by atoms with E-state index in [1.165, 1.54) is 21.6 Å². The van der Waals surface area contributed by atoms with Crippen LogP contribution in [-0.4, -0.2) is 16.5 Å². The van der Waals surface area contributed by atoms with E-state index in [4.69, 9.17) is 4.98 Å². The van der Waals surface area contributed by atoms with Crippen LogP contribution < -0.4 is 5.32 Å². The predicted octanol–water partition coefficient (Wildman–Crippen LogP) is 6.27. The second-order valence-corrected chi connectivity index (χ2v) is 8.25. The lowest BCUT2D eigenvalue weighted by molar-refractivity contribution is 0.855. The Hall–Kier alpha value is -2.72. The first-order valence-electron chi connectivity index (χ1n) is 9.88. The molecule has 0 amide bonds. The van der Waals surface area contributed by atoms with Crippen LogP contribution in [0.2, 0.25) is 0 Å². The van der Waals surface area contributed by atoms with E-state index < -0.39 is 0 Å². The van der Waals surface area contributed by atoms with Gasteiger partial charge in [0.15, 0.2) is 0 Å². The highest BCUT2D eigenvalue weighted by Crippen LogP contribution is 2.28. The van der Waals surface area contributed by atoms with E-state index in [1.54, 1.807) is 11.3 Å². The minimum absolute atomic E-state index is 0.855. The lowest BCUT2D eigenvalue weighted by atomic mass is 10.0. The number of anilines is 1. The summed E-state index contributed by atoms with van der Waals surface area (Å²) >= 11 is 1.74. The van der Waals surface area contributed by atoms with Crippen molar-refractivity contribution in [2.75, 3.05) is 11.9 Å². The summed E-state index contributed by atoms with van der Waals surface area (Å²) in [6.07, 6.45) is 2.97. The van der Waals surface area contributed by atoms with Gasteiger partial charge in [-0.2, -0.15) is 0 Å². The van der Waals surface area contributed by atoms with Gasteiger partial charge < -0.3 is 5.32 Å². The third-order valence-electron chi connectivity index (χ3n) is 4.85. The van der Waals surface area contributed by atoms with Gasteiger partial charge in [-0.05, 0) is 42.5 Å². The summed E-state index contributed by atoms with van der Waals surface area (Å²) in [5.41, 5.74) is 3.92. The summed E-state index contributed by atoms with van der Waals surface area (Å²) in [6, 6.07) is 21.6. The molecule has 0 aliphatic carbocycles. The molecule has 1 N–H and O–H groups in total. The first-order chi connectivity index (χ1) is 13.7. The number of nitrogens with zero attached hydrogens (tertiary/aromatic N) is 2. The molecule has 0 fully saturated rings. The highest BCUT2D eigenvalue weighted by molar-refractivity contribution is 7.18. The third-order valence-corrected chi connectivity index (χ3v) is 5.79. The molecule has 2 aromatic carbocycles. The molecule has 142 valence electrons. The first-order valence-corrected chi connectivity index (χ1v) is 10.7. The second-order valence-electron chi connectivity index (χ2n) is 7.01. The molecule has 28 heavy (non-hydrogen) atoms. The van der Waals surface area contributed by atoms with Crippen LogP contribution in [0.3, 0.4) is 0 Å². The number of hydrogen-bond acceptors (Lipinski definition) is 4. The second kappa shape index (κ2) is 8.53. The van der Waals surface area contributed by atoms with Crippen molar-refractivity contribution in [1.29, 1.82) is 0 Å². The molecule has 0 unspecified atom stereocenters. The fourth-order valence-corrected chi connectivity index (χ4v) is 4.31. The number of aromatic nitrogens is 2. The van der Waals surface area contributed by atoms with Crippen molar-refractivity contribution in [3.8, 4) is 11.1 Å². The van der Waals surface area contributed by atoms with Crippen LogP contribution >= 0.6 is 11.3 Å². The van der Waals surface area contributed by atoms with Gasteiger partial charge in [-0.3, -0.25) is 0 Å². The fourth-order valence-electron chi connectivity index (χ4n) is 3.42. The van der Waals surface area contributed by atoms with Crippen LogP contribution in [-0.2, 0) is 12.8 Å². The molecule has 4 aromatic rings. The third kappa shape index (κ3) is 4.23. The number of hydrogen-bond donors (Lipinski definition) is 1. The molecule has 4 heteroatoms. The van der Waals surface area contributed by atoms with Gasteiger partial charge in [0.1, 0.15) is 16.5 Å². The Kier molecular flexibility index (Phi) is 5.68. The summed E-state index contributed by atoms with van der Waals surface area (Å²) in [5, 5.41) is 4.69. The smallest absolute Gasteiger partial charge is 0.138 e. The Labute approximate surface area is 170 Å². The summed E-state index contributed by atoms with van der Waals surface area (Å²) in [5.74, 6) is 1.89. The molecular weight excluding hydrogens is 362 g/mol. The Balaban J connectivity index is 1.41. The maximum atomic E-state index is 4.72.